The van der Waals surface area contributed by atoms with E-state index in [9.17, 15) is 22.8 Å². The number of pyridine rings is 1. The highest BCUT2D eigenvalue weighted by Crippen LogP contribution is 2.35. The second-order valence-electron chi connectivity index (χ2n) is 10.9. The van der Waals surface area contributed by atoms with Gasteiger partial charge in [-0.15, -0.1) is 0 Å². The topological polar surface area (TPSA) is 110 Å². The van der Waals surface area contributed by atoms with E-state index in [-0.39, 0.29) is 23.7 Å². The van der Waals surface area contributed by atoms with E-state index in [1.165, 1.54) is 13.3 Å². The van der Waals surface area contributed by atoms with Crippen LogP contribution in [-0.4, -0.2) is 61.2 Å². The predicted octanol–water partition coefficient (Wildman–Crippen LogP) is 5.55. The van der Waals surface area contributed by atoms with Crippen LogP contribution in [0, 0.1) is 5.92 Å². The number of nitrogens with zero attached hydrogens (tertiary/aromatic N) is 4. The number of carbonyl (C=O) groups excluding carboxylic acids is 2. The highest BCUT2D eigenvalue weighted by atomic mass is 19.4. The first-order valence-electron chi connectivity index (χ1n) is 14.3. The molecule has 1 N–H and O–H groups in total. The van der Waals surface area contributed by atoms with Gasteiger partial charge in [-0.05, 0) is 55.4 Å². The maximum atomic E-state index is 13.7. The zero-order valence-corrected chi connectivity index (χ0v) is 24.0. The van der Waals surface area contributed by atoms with Crippen molar-refractivity contribution in [2.75, 3.05) is 48.4 Å². The number of esters is 1. The number of piperidine rings is 2. The Kier molecular flexibility index (Phi) is 9.19. The molecule has 10 nitrogen and oxygen atoms in total. The molecule has 4 heterocycles. The van der Waals surface area contributed by atoms with Crippen LogP contribution >= 0.6 is 0 Å². The minimum absolute atomic E-state index is 0.00304. The summed E-state index contributed by atoms with van der Waals surface area (Å²) in [5.74, 6) is -1.37. The number of anilines is 3. The molecule has 43 heavy (non-hydrogen) atoms. The van der Waals surface area contributed by atoms with E-state index >= 15 is 0 Å². The summed E-state index contributed by atoms with van der Waals surface area (Å²) in [6.07, 6.45) is -0.188. The fraction of sp³-hybridized carbons (Fsp3) is 0.467. The van der Waals surface area contributed by atoms with Gasteiger partial charge in [0.15, 0.2) is 5.69 Å². The maximum Gasteiger partial charge on any atom is 0.437 e. The van der Waals surface area contributed by atoms with Crippen LogP contribution in [0.3, 0.4) is 0 Å². The molecule has 1 amide bonds. The van der Waals surface area contributed by atoms with Gasteiger partial charge in [-0.25, -0.2) is 9.78 Å². The number of carbonyl (C=O) groups is 2. The van der Waals surface area contributed by atoms with E-state index < -0.39 is 29.5 Å². The van der Waals surface area contributed by atoms with Crippen LogP contribution in [0.15, 0.2) is 47.0 Å². The molecule has 1 atom stereocenters. The molecule has 13 heteroatoms. The van der Waals surface area contributed by atoms with E-state index in [2.05, 4.69) is 20.2 Å². The molecule has 0 saturated carbocycles. The van der Waals surface area contributed by atoms with Gasteiger partial charge in [0.05, 0.1) is 37.3 Å². The summed E-state index contributed by atoms with van der Waals surface area (Å²) in [6.45, 7) is 4.68. The number of oxazole rings is 1. The quantitative estimate of drug-likeness (QED) is 0.333. The van der Waals surface area contributed by atoms with Gasteiger partial charge in [0.1, 0.15) is 5.82 Å². The number of rotatable bonds is 8. The van der Waals surface area contributed by atoms with E-state index in [1.807, 2.05) is 19.1 Å². The molecule has 1 aromatic carbocycles. The molecular weight excluding hydrogens is 567 g/mol. The second-order valence-corrected chi connectivity index (χ2v) is 10.9. The van der Waals surface area contributed by atoms with Gasteiger partial charge in [0, 0.05) is 26.2 Å². The highest BCUT2D eigenvalue weighted by molar-refractivity contribution is 6.03. The van der Waals surface area contributed by atoms with Gasteiger partial charge in [-0.2, -0.15) is 18.2 Å². The number of hydrogen-bond donors (Lipinski definition) is 1. The summed E-state index contributed by atoms with van der Waals surface area (Å²) >= 11 is 0. The SMILES string of the molecule is COC(=O)c1ccccc1COC1CCN(c2ccc(NC(=O)c3oc(N4CCCC(C)C4)nc3C(F)(F)F)cn2)CC1. The van der Waals surface area contributed by atoms with Crippen LogP contribution in [0.25, 0.3) is 0 Å². The van der Waals surface area contributed by atoms with Gasteiger partial charge in [-0.3, -0.25) is 4.79 Å². The van der Waals surface area contributed by atoms with Crippen LogP contribution < -0.4 is 15.1 Å². The zero-order chi connectivity index (χ0) is 30.6. The number of halogens is 3. The molecule has 0 spiro atoms. The predicted molar refractivity (Wildman–Crippen MR) is 152 cm³/mol. The number of ether oxygens (including phenoxy) is 2. The molecule has 2 saturated heterocycles. The van der Waals surface area contributed by atoms with Crippen LogP contribution in [0.4, 0.5) is 30.7 Å². The third-order valence-corrected chi connectivity index (χ3v) is 7.69. The summed E-state index contributed by atoms with van der Waals surface area (Å²) in [5.41, 5.74) is 0.130. The number of amides is 1. The first kappa shape index (κ1) is 30.3. The summed E-state index contributed by atoms with van der Waals surface area (Å²) in [7, 11) is 1.34. The van der Waals surface area contributed by atoms with Crippen LogP contribution in [0.1, 0.15) is 64.8 Å². The Morgan fingerprint density at radius 1 is 1.07 bits per heavy atom. The van der Waals surface area contributed by atoms with Gasteiger partial charge in [0.2, 0.25) is 5.76 Å². The molecule has 230 valence electrons. The van der Waals surface area contributed by atoms with Gasteiger partial charge in [0.25, 0.3) is 11.9 Å². The summed E-state index contributed by atoms with van der Waals surface area (Å²) in [4.78, 5) is 36.6. The van der Waals surface area contributed by atoms with Crippen molar-refractivity contribution in [3.8, 4) is 0 Å². The van der Waals surface area contributed by atoms with Crippen molar-refractivity contribution in [3.05, 3.63) is 65.2 Å². The number of hydrogen-bond acceptors (Lipinski definition) is 9. The summed E-state index contributed by atoms with van der Waals surface area (Å²) in [6, 6.07) is 10.3. The van der Waals surface area contributed by atoms with Crippen molar-refractivity contribution in [1.29, 1.82) is 0 Å². The first-order chi connectivity index (χ1) is 20.6. The van der Waals surface area contributed by atoms with Crippen LogP contribution in [0.5, 0.6) is 0 Å². The number of benzene rings is 1. The average molecular weight is 602 g/mol. The Hall–Kier alpha value is -4.13. The Labute approximate surface area is 247 Å². The van der Waals surface area contributed by atoms with E-state index in [4.69, 9.17) is 13.9 Å². The molecule has 2 aromatic heterocycles. The monoisotopic (exact) mass is 601 g/mol. The minimum Gasteiger partial charge on any atom is -0.465 e. The van der Waals surface area contributed by atoms with Gasteiger partial charge in [-0.1, -0.05) is 25.1 Å². The van der Waals surface area contributed by atoms with Crippen LogP contribution in [-0.2, 0) is 22.3 Å². The van der Waals surface area contributed by atoms with Crippen molar-refractivity contribution in [3.63, 3.8) is 0 Å². The number of alkyl halides is 3. The maximum absolute atomic E-state index is 13.7. The Bertz CT molecular complexity index is 1420. The smallest absolute Gasteiger partial charge is 0.437 e. The van der Waals surface area contributed by atoms with Gasteiger partial charge < -0.3 is 29.0 Å². The van der Waals surface area contributed by atoms with Gasteiger partial charge >= 0.3 is 12.1 Å². The molecule has 0 bridgehead atoms. The molecule has 2 fully saturated rings. The minimum atomic E-state index is -4.85. The lowest BCUT2D eigenvalue weighted by atomic mass is 10.0. The van der Waals surface area contributed by atoms with Crippen molar-refractivity contribution in [1.82, 2.24) is 9.97 Å². The highest BCUT2D eigenvalue weighted by Gasteiger charge is 2.42. The largest absolute Gasteiger partial charge is 0.465 e. The third kappa shape index (κ3) is 7.27. The van der Waals surface area contributed by atoms with Crippen molar-refractivity contribution in [2.24, 2.45) is 5.92 Å². The van der Waals surface area contributed by atoms with Crippen LogP contribution in [0.2, 0.25) is 0 Å². The van der Waals surface area contributed by atoms with E-state index in [1.54, 1.807) is 29.2 Å². The molecule has 1 unspecified atom stereocenters. The molecule has 3 aromatic rings. The first-order valence-corrected chi connectivity index (χ1v) is 14.3. The number of aromatic nitrogens is 2. The Morgan fingerprint density at radius 3 is 2.51 bits per heavy atom. The Balaban J connectivity index is 1.17. The molecule has 2 aliphatic rings. The van der Waals surface area contributed by atoms with Crippen molar-refractivity contribution < 1.29 is 36.7 Å². The number of nitrogens with one attached hydrogen (secondary N) is 1. The standard InChI is InChI=1S/C30H34F3N5O5/c1-19-6-5-13-38(17-19)29-36-26(30(31,32)33)25(43-29)27(39)35-21-9-10-24(34-16-21)37-14-11-22(12-15-37)42-18-20-7-3-4-8-23(20)28(40)41-2/h3-4,7-10,16,19,22H,5-6,11-15,17-18H2,1-2H3,(H,35,39). The normalized spacial score (nSPS) is 18.0. The van der Waals surface area contributed by atoms with Crippen molar-refractivity contribution >= 4 is 29.4 Å². The fourth-order valence-corrected chi connectivity index (χ4v) is 5.40. The van der Waals surface area contributed by atoms with Crippen molar-refractivity contribution in [2.45, 2.75) is 51.5 Å². The number of methoxy groups -OCH3 is 1. The lowest BCUT2D eigenvalue weighted by molar-refractivity contribution is -0.141. The average Bonchev–Trinajstić information content (AvgIpc) is 3.48. The third-order valence-electron chi connectivity index (χ3n) is 7.69. The second kappa shape index (κ2) is 13.0. The van der Waals surface area contributed by atoms with E-state index in [0.717, 1.165) is 31.2 Å². The van der Waals surface area contributed by atoms with E-state index in [0.29, 0.717) is 44.2 Å². The molecule has 0 radical (unpaired) electrons. The fourth-order valence-electron chi connectivity index (χ4n) is 5.40. The molecular formula is C30H34F3N5O5. The Morgan fingerprint density at radius 2 is 1.84 bits per heavy atom. The molecule has 5 rings (SSSR count). The zero-order valence-electron chi connectivity index (χ0n) is 24.0. The molecule has 2 aliphatic heterocycles. The summed E-state index contributed by atoms with van der Waals surface area (Å²) < 4.78 is 57.5. The summed E-state index contributed by atoms with van der Waals surface area (Å²) in [5, 5.41) is 2.46. The molecule has 0 aliphatic carbocycles. The lowest BCUT2D eigenvalue weighted by Gasteiger charge is -2.32. The lowest BCUT2D eigenvalue weighted by Crippen LogP contribution is -2.37.